The number of aryl methyl sites for hydroxylation is 1. The second-order valence-corrected chi connectivity index (χ2v) is 7.73. The first-order valence-corrected chi connectivity index (χ1v) is 10.8. The summed E-state index contributed by atoms with van der Waals surface area (Å²) < 4.78 is 1.73. The summed E-state index contributed by atoms with van der Waals surface area (Å²) in [5.74, 6) is -0.134. The van der Waals surface area contributed by atoms with Crippen LogP contribution >= 0.6 is 0 Å². The molecule has 7 heteroatoms. The van der Waals surface area contributed by atoms with Crippen molar-refractivity contribution in [3.8, 4) is 11.1 Å². The number of carboxylic acid groups (broad SMARTS) is 1. The zero-order valence-corrected chi connectivity index (χ0v) is 18.3. The molecule has 0 radical (unpaired) electrons. The van der Waals surface area contributed by atoms with Crippen LogP contribution < -0.4 is 0 Å². The Hall–Kier alpha value is -4.13. The van der Waals surface area contributed by atoms with Crippen molar-refractivity contribution in [3.05, 3.63) is 101 Å². The third-order valence-corrected chi connectivity index (χ3v) is 5.28. The lowest BCUT2D eigenvalue weighted by molar-refractivity contribution is 0.0697. The van der Waals surface area contributed by atoms with E-state index < -0.39 is 5.97 Å². The van der Waals surface area contributed by atoms with Gasteiger partial charge in [0.15, 0.2) is 0 Å². The number of nitrogens with zero attached hydrogens (tertiary/aromatic N) is 4. The van der Waals surface area contributed by atoms with E-state index in [1.165, 1.54) is 0 Å². The maximum atomic E-state index is 12.7. The van der Waals surface area contributed by atoms with Crippen molar-refractivity contribution in [2.75, 3.05) is 0 Å². The van der Waals surface area contributed by atoms with Crippen LogP contribution in [0.15, 0.2) is 72.9 Å². The Bertz CT molecular complexity index is 1260. The topological polar surface area (TPSA) is 98.0 Å². The second-order valence-electron chi connectivity index (χ2n) is 7.73. The van der Waals surface area contributed by atoms with Gasteiger partial charge < -0.3 is 5.11 Å². The van der Waals surface area contributed by atoms with Gasteiger partial charge in [-0.15, -0.1) is 5.10 Å². The molecule has 2 aromatic carbocycles. The molecule has 0 aliphatic rings. The van der Waals surface area contributed by atoms with E-state index in [1.807, 2.05) is 42.5 Å². The van der Waals surface area contributed by atoms with Crippen LogP contribution in [0.4, 0.5) is 0 Å². The van der Waals surface area contributed by atoms with Gasteiger partial charge in [0.25, 0.3) is 0 Å². The van der Waals surface area contributed by atoms with Gasteiger partial charge in [0.05, 0.1) is 17.8 Å². The number of benzene rings is 2. The number of rotatable bonds is 9. The zero-order valence-electron chi connectivity index (χ0n) is 18.3. The Morgan fingerprint density at radius 2 is 1.73 bits per heavy atom. The second kappa shape index (κ2) is 9.99. The van der Waals surface area contributed by atoms with E-state index >= 15 is 0 Å². The highest BCUT2D eigenvalue weighted by Gasteiger charge is 2.17. The number of Topliss-reactive ketones (excluding diaryl/α,β-unsaturated/α-hetero) is 1. The Labute approximate surface area is 191 Å². The minimum Gasteiger partial charge on any atom is -0.478 e. The lowest BCUT2D eigenvalue weighted by Crippen LogP contribution is -2.10. The molecule has 1 N–H and O–H groups in total. The number of pyridine rings is 1. The fourth-order valence-corrected chi connectivity index (χ4v) is 3.64. The molecular weight excluding hydrogens is 416 g/mol. The fraction of sp³-hybridized carbons (Fsp3) is 0.192. The van der Waals surface area contributed by atoms with Gasteiger partial charge in [-0.1, -0.05) is 61.5 Å². The lowest BCUT2D eigenvalue weighted by Gasteiger charge is -2.08. The predicted octanol–water partition coefficient (Wildman–Crippen LogP) is 4.46. The number of ketones is 1. The van der Waals surface area contributed by atoms with Gasteiger partial charge in [0.2, 0.25) is 11.6 Å². The largest absolute Gasteiger partial charge is 0.478 e. The minimum atomic E-state index is -0.978. The average molecular weight is 441 g/mol. The van der Waals surface area contributed by atoms with Crippen LogP contribution in [0.2, 0.25) is 0 Å². The van der Waals surface area contributed by atoms with E-state index in [0.717, 1.165) is 29.1 Å². The molecule has 0 saturated carbocycles. The van der Waals surface area contributed by atoms with Crippen LogP contribution in [-0.4, -0.2) is 36.6 Å². The molecule has 0 saturated heterocycles. The van der Waals surface area contributed by atoms with Crippen LogP contribution in [0.3, 0.4) is 0 Å². The van der Waals surface area contributed by atoms with Gasteiger partial charge in [0, 0.05) is 24.6 Å². The maximum absolute atomic E-state index is 12.7. The molecule has 4 aromatic rings. The van der Waals surface area contributed by atoms with Crippen LogP contribution in [0, 0.1) is 0 Å². The van der Waals surface area contributed by atoms with Gasteiger partial charge in [-0.2, -0.15) is 0 Å². The Morgan fingerprint density at radius 1 is 0.970 bits per heavy atom. The average Bonchev–Trinajstić information content (AvgIpc) is 3.23. The molecule has 0 aliphatic carbocycles. The van der Waals surface area contributed by atoms with E-state index in [0.29, 0.717) is 18.5 Å². The van der Waals surface area contributed by atoms with Crippen molar-refractivity contribution < 1.29 is 14.7 Å². The first-order chi connectivity index (χ1) is 16.0. The van der Waals surface area contributed by atoms with Crippen molar-refractivity contribution in [1.29, 1.82) is 0 Å². The molecule has 0 aliphatic heterocycles. The van der Waals surface area contributed by atoms with Gasteiger partial charge >= 0.3 is 5.97 Å². The molecule has 0 unspecified atom stereocenters. The zero-order chi connectivity index (χ0) is 23.2. The normalized spacial score (nSPS) is 10.8. The van der Waals surface area contributed by atoms with Crippen LogP contribution in [0.1, 0.15) is 51.4 Å². The summed E-state index contributed by atoms with van der Waals surface area (Å²) >= 11 is 0. The molecule has 0 fully saturated rings. The summed E-state index contributed by atoms with van der Waals surface area (Å²) in [7, 11) is 0. The van der Waals surface area contributed by atoms with Crippen molar-refractivity contribution >= 4 is 11.8 Å². The number of carbonyl (C=O) groups excluding carboxylic acids is 1. The SMILES string of the molecule is CCCc1nc(C(=O)Cc2ccccc2)nn1Cc1ccc(-c2ccccc2C(=O)O)cn1. The number of aromatic nitrogens is 4. The van der Waals surface area contributed by atoms with E-state index in [2.05, 4.69) is 22.0 Å². The Morgan fingerprint density at radius 3 is 2.42 bits per heavy atom. The van der Waals surface area contributed by atoms with Crippen LogP contribution in [0.5, 0.6) is 0 Å². The quantitative estimate of drug-likeness (QED) is 0.386. The summed E-state index contributed by atoms with van der Waals surface area (Å²) in [6, 6.07) is 20.1. The van der Waals surface area contributed by atoms with Crippen molar-refractivity contribution in [1.82, 2.24) is 19.7 Å². The third kappa shape index (κ3) is 5.20. The van der Waals surface area contributed by atoms with Crippen molar-refractivity contribution in [2.45, 2.75) is 32.7 Å². The number of hydrogen-bond donors (Lipinski definition) is 1. The fourth-order valence-electron chi connectivity index (χ4n) is 3.64. The van der Waals surface area contributed by atoms with Gasteiger partial charge in [-0.3, -0.25) is 9.78 Å². The van der Waals surface area contributed by atoms with Crippen LogP contribution in [0.25, 0.3) is 11.1 Å². The first-order valence-electron chi connectivity index (χ1n) is 10.8. The molecule has 0 bridgehead atoms. The molecule has 2 aromatic heterocycles. The monoisotopic (exact) mass is 440 g/mol. The number of aromatic carboxylic acids is 1. The van der Waals surface area contributed by atoms with E-state index in [1.54, 1.807) is 35.1 Å². The maximum Gasteiger partial charge on any atom is 0.336 e. The molecule has 7 nitrogen and oxygen atoms in total. The molecule has 166 valence electrons. The summed E-state index contributed by atoms with van der Waals surface area (Å²) in [6.07, 6.45) is 3.50. The van der Waals surface area contributed by atoms with E-state index in [-0.39, 0.29) is 23.6 Å². The van der Waals surface area contributed by atoms with E-state index in [9.17, 15) is 14.7 Å². The molecule has 0 spiro atoms. The van der Waals surface area contributed by atoms with Crippen LogP contribution in [-0.2, 0) is 19.4 Å². The Balaban J connectivity index is 1.55. The highest BCUT2D eigenvalue weighted by Crippen LogP contribution is 2.23. The number of hydrogen-bond acceptors (Lipinski definition) is 5. The van der Waals surface area contributed by atoms with Gasteiger partial charge in [0.1, 0.15) is 5.82 Å². The molecular formula is C26H24N4O3. The molecule has 0 amide bonds. The van der Waals surface area contributed by atoms with Gasteiger partial charge in [-0.05, 0) is 29.7 Å². The first kappa shape index (κ1) is 22.1. The summed E-state index contributed by atoms with van der Waals surface area (Å²) in [6.45, 7) is 2.43. The smallest absolute Gasteiger partial charge is 0.336 e. The third-order valence-electron chi connectivity index (χ3n) is 5.28. The molecule has 2 heterocycles. The number of carbonyl (C=O) groups is 2. The van der Waals surface area contributed by atoms with Gasteiger partial charge in [-0.25, -0.2) is 14.5 Å². The highest BCUT2D eigenvalue weighted by molar-refractivity contribution is 5.96. The van der Waals surface area contributed by atoms with Crippen molar-refractivity contribution in [3.63, 3.8) is 0 Å². The highest BCUT2D eigenvalue weighted by atomic mass is 16.4. The number of carboxylic acids is 1. The minimum absolute atomic E-state index is 0.120. The summed E-state index contributed by atoms with van der Waals surface area (Å²) in [5.41, 5.74) is 3.24. The summed E-state index contributed by atoms with van der Waals surface area (Å²) in [5, 5.41) is 13.9. The molecule has 0 atom stereocenters. The Kier molecular flexibility index (Phi) is 6.69. The predicted molar refractivity (Wildman–Crippen MR) is 124 cm³/mol. The summed E-state index contributed by atoms with van der Waals surface area (Å²) in [4.78, 5) is 33.2. The lowest BCUT2D eigenvalue weighted by atomic mass is 10.0. The molecule has 4 rings (SSSR count). The van der Waals surface area contributed by atoms with E-state index in [4.69, 9.17) is 0 Å². The van der Waals surface area contributed by atoms with Crippen molar-refractivity contribution in [2.24, 2.45) is 0 Å². The molecule has 33 heavy (non-hydrogen) atoms. The standard InChI is InChI=1S/C26H24N4O3/c1-2-8-24-28-25(23(31)15-18-9-4-3-5-10-18)29-30(24)17-20-14-13-19(16-27-20)21-11-6-7-12-22(21)26(32)33/h3-7,9-14,16H,2,8,15,17H2,1H3,(H,32,33).